The predicted molar refractivity (Wildman–Crippen MR) is 122 cm³/mol. The molecule has 30 heavy (non-hydrogen) atoms. The van der Waals surface area contributed by atoms with E-state index in [4.69, 9.17) is 9.73 Å². The summed E-state index contributed by atoms with van der Waals surface area (Å²) in [6, 6.07) is 10.5. The first-order valence-corrected chi connectivity index (χ1v) is 11.7. The van der Waals surface area contributed by atoms with Crippen molar-refractivity contribution in [2.45, 2.75) is 58.0 Å². The number of rotatable bonds is 8. The van der Waals surface area contributed by atoms with Gasteiger partial charge in [0.25, 0.3) is 0 Å². The van der Waals surface area contributed by atoms with Crippen molar-refractivity contribution in [3.8, 4) is 0 Å². The van der Waals surface area contributed by atoms with Gasteiger partial charge in [-0.3, -0.25) is 9.79 Å². The number of amides is 1. The van der Waals surface area contributed by atoms with Gasteiger partial charge in [0.15, 0.2) is 5.96 Å². The van der Waals surface area contributed by atoms with E-state index in [1.54, 1.807) is 0 Å². The van der Waals surface area contributed by atoms with Crippen molar-refractivity contribution in [3.05, 3.63) is 35.9 Å². The minimum absolute atomic E-state index is 0.126. The van der Waals surface area contributed by atoms with Gasteiger partial charge in [-0.15, -0.1) is 0 Å². The van der Waals surface area contributed by atoms with Gasteiger partial charge in [0.2, 0.25) is 5.91 Å². The van der Waals surface area contributed by atoms with E-state index in [2.05, 4.69) is 41.8 Å². The molecule has 2 heterocycles. The summed E-state index contributed by atoms with van der Waals surface area (Å²) >= 11 is 0. The Labute approximate surface area is 181 Å². The van der Waals surface area contributed by atoms with Crippen molar-refractivity contribution >= 4 is 11.9 Å². The smallest absolute Gasteiger partial charge is 0.222 e. The fraction of sp³-hybridized carbons (Fsp3) is 0.667. The molecule has 2 unspecified atom stereocenters. The number of aliphatic imine (C=N–C) groups is 1. The molecule has 1 amide bonds. The monoisotopic (exact) mass is 414 g/mol. The van der Waals surface area contributed by atoms with Crippen molar-refractivity contribution in [2.75, 3.05) is 39.3 Å². The van der Waals surface area contributed by atoms with E-state index in [9.17, 15) is 4.79 Å². The Kier molecular flexibility index (Phi) is 9.48. The van der Waals surface area contributed by atoms with Crippen molar-refractivity contribution in [3.63, 3.8) is 0 Å². The van der Waals surface area contributed by atoms with Crippen LogP contribution in [0.15, 0.2) is 35.3 Å². The normalized spacial score (nSPS) is 23.2. The quantitative estimate of drug-likeness (QED) is 0.388. The molecule has 2 aliphatic heterocycles. The van der Waals surface area contributed by atoms with Crippen molar-refractivity contribution < 1.29 is 9.53 Å². The third-order valence-corrected chi connectivity index (χ3v) is 5.97. The third kappa shape index (κ3) is 7.01. The topological polar surface area (TPSA) is 66.0 Å². The van der Waals surface area contributed by atoms with Crippen LogP contribution in [0.5, 0.6) is 0 Å². The molecule has 6 heteroatoms. The Morgan fingerprint density at radius 2 is 2.03 bits per heavy atom. The number of hydrogen-bond acceptors (Lipinski definition) is 3. The van der Waals surface area contributed by atoms with Gasteiger partial charge in [0, 0.05) is 51.7 Å². The molecule has 3 rings (SSSR count). The number of nitrogens with zero attached hydrogens (tertiary/aromatic N) is 2. The summed E-state index contributed by atoms with van der Waals surface area (Å²) in [6.45, 7) is 7.06. The molecule has 6 nitrogen and oxygen atoms in total. The van der Waals surface area contributed by atoms with Crippen LogP contribution in [0.25, 0.3) is 0 Å². The molecule has 0 radical (unpaired) electrons. The van der Waals surface area contributed by atoms with Crippen LogP contribution in [0.3, 0.4) is 0 Å². The zero-order valence-corrected chi connectivity index (χ0v) is 18.4. The zero-order chi connectivity index (χ0) is 21.0. The summed E-state index contributed by atoms with van der Waals surface area (Å²) < 4.78 is 6.11. The number of carbonyl (C=O) groups is 1. The molecule has 2 saturated heterocycles. The second kappa shape index (κ2) is 12.6. The van der Waals surface area contributed by atoms with E-state index >= 15 is 0 Å². The number of guanidine groups is 1. The highest BCUT2D eigenvalue weighted by atomic mass is 16.5. The molecule has 0 spiro atoms. The molecule has 0 aliphatic carbocycles. The van der Waals surface area contributed by atoms with Crippen molar-refractivity contribution in [1.82, 2.24) is 15.5 Å². The molecule has 0 bridgehead atoms. The molecule has 0 aromatic heterocycles. The van der Waals surface area contributed by atoms with Crippen LogP contribution in [-0.4, -0.2) is 56.1 Å². The second-order valence-electron chi connectivity index (χ2n) is 8.30. The highest BCUT2D eigenvalue weighted by Gasteiger charge is 2.27. The summed E-state index contributed by atoms with van der Waals surface area (Å²) in [6.07, 6.45) is 7.36. The molecule has 2 N–H and O–H groups in total. The number of likely N-dealkylation sites (tertiary alicyclic amines) is 1. The summed E-state index contributed by atoms with van der Waals surface area (Å²) in [5.74, 6) is 1.57. The average Bonchev–Trinajstić information content (AvgIpc) is 2.99. The van der Waals surface area contributed by atoms with Gasteiger partial charge >= 0.3 is 0 Å². The number of benzene rings is 1. The molecule has 2 atom stereocenters. The molecule has 166 valence electrons. The van der Waals surface area contributed by atoms with E-state index < -0.39 is 0 Å². The lowest BCUT2D eigenvalue weighted by atomic mass is 9.89. The molecule has 1 aromatic carbocycles. The second-order valence-corrected chi connectivity index (χ2v) is 8.30. The van der Waals surface area contributed by atoms with Gasteiger partial charge in [-0.25, -0.2) is 0 Å². The van der Waals surface area contributed by atoms with E-state index in [1.165, 1.54) is 12.0 Å². The maximum atomic E-state index is 12.1. The lowest BCUT2D eigenvalue weighted by molar-refractivity contribution is -0.130. The Hall–Kier alpha value is -2.08. The summed E-state index contributed by atoms with van der Waals surface area (Å²) in [4.78, 5) is 19.0. The van der Waals surface area contributed by atoms with Crippen molar-refractivity contribution in [1.29, 1.82) is 0 Å². The number of carbonyl (C=O) groups excluding carboxylic acids is 1. The minimum Gasteiger partial charge on any atom is -0.373 e. The maximum Gasteiger partial charge on any atom is 0.222 e. The van der Waals surface area contributed by atoms with Crippen LogP contribution >= 0.6 is 0 Å². The van der Waals surface area contributed by atoms with E-state index in [1.807, 2.05) is 11.0 Å². The van der Waals surface area contributed by atoms with Crippen LogP contribution < -0.4 is 10.6 Å². The predicted octanol–water partition coefficient (Wildman–Crippen LogP) is 3.50. The van der Waals surface area contributed by atoms with Crippen molar-refractivity contribution in [2.24, 2.45) is 10.9 Å². The lowest BCUT2D eigenvalue weighted by Crippen LogP contribution is -2.40. The zero-order valence-electron chi connectivity index (χ0n) is 18.4. The van der Waals surface area contributed by atoms with E-state index in [-0.39, 0.29) is 6.10 Å². The highest BCUT2D eigenvalue weighted by Crippen LogP contribution is 2.33. The SMILES string of the molecule is CCNC(=NCC1CCCOC1c1ccccc1)NCCCN1CCCCCC1=O. The first-order valence-electron chi connectivity index (χ1n) is 11.7. The molecule has 1 aromatic rings. The largest absolute Gasteiger partial charge is 0.373 e. The molecule has 2 aliphatic rings. The highest BCUT2D eigenvalue weighted by molar-refractivity contribution is 5.79. The van der Waals surface area contributed by atoms with Gasteiger partial charge in [-0.1, -0.05) is 36.8 Å². The molecule has 0 saturated carbocycles. The third-order valence-electron chi connectivity index (χ3n) is 5.97. The summed E-state index contributed by atoms with van der Waals surface area (Å²) in [5.41, 5.74) is 1.25. The van der Waals surface area contributed by atoms with Gasteiger partial charge in [0.05, 0.1) is 6.10 Å². The fourth-order valence-electron chi connectivity index (χ4n) is 4.34. The number of ether oxygens (including phenoxy) is 1. The van der Waals surface area contributed by atoms with Gasteiger partial charge in [-0.05, 0) is 44.6 Å². The summed E-state index contributed by atoms with van der Waals surface area (Å²) in [7, 11) is 0. The van der Waals surface area contributed by atoms with Gasteiger partial charge in [-0.2, -0.15) is 0 Å². The van der Waals surface area contributed by atoms with E-state index in [0.717, 1.165) is 77.4 Å². The Morgan fingerprint density at radius 3 is 2.87 bits per heavy atom. The standard InChI is InChI=1S/C24H38N4O2/c1-2-25-24(26-15-10-17-28-16-8-4-7-14-22(28)29)27-19-21-13-9-18-30-23(21)20-11-5-3-6-12-20/h3,5-6,11-12,21,23H,2,4,7-10,13-19H2,1H3,(H2,25,26,27). The number of hydrogen-bond donors (Lipinski definition) is 2. The molecular formula is C24H38N4O2. The van der Waals surface area contributed by atoms with Crippen LogP contribution in [0.4, 0.5) is 0 Å². The Bertz CT molecular complexity index is 664. The first-order chi connectivity index (χ1) is 14.8. The maximum absolute atomic E-state index is 12.1. The Morgan fingerprint density at radius 1 is 1.17 bits per heavy atom. The first kappa shape index (κ1) is 22.6. The summed E-state index contributed by atoms with van der Waals surface area (Å²) in [5, 5.41) is 6.80. The fourth-order valence-corrected chi connectivity index (χ4v) is 4.34. The van der Waals surface area contributed by atoms with Crippen LogP contribution in [-0.2, 0) is 9.53 Å². The van der Waals surface area contributed by atoms with Gasteiger partial charge < -0.3 is 20.3 Å². The van der Waals surface area contributed by atoms with Crippen LogP contribution in [0.2, 0.25) is 0 Å². The Balaban J connectivity index is 1.48. The molecule has 2 fully saturated rings. The van der Waals surface area contributed by atoms with Crippen LogP contribution in [0.1, 0.15) is 63.5 Å². The number of nitrogens with one attached hydrogen (secondary N) is 2. The van der Waals surface area contributed by atoms with Crippen LogP contribution in [0, 0.1) is 5.92 Å². The lowest BCUT2D eigenvalue weighted by Gasteiger charge is -2.31. The average molecular weight is 415 g/mol. The minimum atomic E-state index is 0.126. The van der Waals surface area contributed by atoms with Gasteiger partial charge in [0.1, 0.15) is 0 Å². The molecular weight excluding hydrogens is 376 g/mol. The van der Waals surface area contributed by atoms with E-state index in [0.29, 0.717) is 18.2 Å².